The van der Waals surface area contributed by atoms with Gasteiger partial charge in [-0.05, 0) is 41.0 Å². The van der Waals surface area contributed by atoms with Crippen molar-refractivity contribution in [1.29, 1.82) is 0 Å². The normalized spacial score (nSPS) is 19.9. The summed E-state index contributed by atoms with van der Waals surface area (Å²) in [6.07, 6.45) is 3.13. The van der Waals surface area contributed by atoms with Crippen LogP contribution < -0.4 is 10.6 Å². The molecule has 0 bridgehead atoms. The van der Waals surface area contributed by atoms with Gasteiger partial charge in [-0.3, -0.25) is 4.79 Å². The molecule has 0 spiro atoms. The lowest BCUT2D eigenvalue weighted by molar-refractivity contribution is -0.141. The van der Waals surface area contributed by atoms with Crippen molar-refractivity contribution in [2.75, 3.05) is 0 Å². The van der Waals surface area contributed by atoms with Gasteiger partial charge < -0.3 is 20.8 Å². The summed E-state index contributed by atoms with van der Waals surface area (Å²) in [5.74, 6) is -1.35. The van der Waals surface area contributed by atoms with E-state index in [-0.39, 0.29) is 5.91 Å². The van der Waals surface area contributed by atoms with Crippen LogP contribution in [0.1, 0.15) is 55.2 Å². The second kappa shape index (κ2) is 12.8. The summed E-state index contributed by atoms with van der Waals surface area (Å²) in [4.78, 5) is 22.6. The third kappa shape index (κ3) is 7.50. The predicted molar refractivity (Wildman–Crippen MR) is 144 cm³/mol. The van der Waals surface area contributed by atoms with E-state index in [1.807, 2.05) is 47.8 Å². The van der Waals surface area contributed by atoms with Crippen molar-refractivity contribution in [3.8, 4) is 0 Å². The molecule has 0 radical (unpaired) electrons. The molecule has 0 fully saturated rings. The highest BCUT2D eigenvalue weighted by atomic mass is 32.1. The number of hydrogen-bond acceptors (Lipinski definition) is 5. The Morgan fingerprint density at radius 1 is 1.06 bits per heavy atom. The van der Waals surface area contributed by atoms with Crippen molar-refractivity contribution in [3.05, 3.63) is 93.7 Å². The first-order valence-corrected chi connectivity index (χ1v) is 13.2. The summed E-state index contributed by atoms with van der Waals surface area (Å²) < 4.78 is 0. The van der Waals surface area contributed by atoms with E-state index in [9.17, 15) is 14.7 Å². The van der Waals surface area contributed by atoms with Crippen LogP contribution >= 0.6 is 11.3 Å². The average Bonchev–Trinajstić information content (AvgIpc) is 3.34. The summed E-state index contributed by atoms with van der Waals surface area (Å²) in [6.45, 7) is 5.64. The molecule has 1 aliphatic carbocycles. The Labute approximate surface area is 217 Å². The minimum Gasteiger partial charge on any atom is -0.480 e. The van der Waals surface area contributed by atoms with E-state index < -0.39 is 17.6 Å². The number of amides is 1. The first-order chi connectivity index (χ1) is 17.2. The molecule has 1 heterocycles. The lowest BCUT2D eigenvalue weighted by Crippen LogP contribution is -2.41. The van der Waals surface area contributed by atoms with Crippen LogP contribution in [0.4, 0.5) is 0 Å². The maximum absolute atomic E-state index is 11.5. The third-order valence-corrected chi connectivity index (χ3v) is 7.24. The quantitative estimate of drug-likeness (QED) is 0.352. The standard InChI is InChI=1S/C18H23NOS.C11H13NO3/c1-13(2)19-15-10-9-14-6-3-4-7-16(14)18(20,12-15)17-8-5-11-21-17;1-8(13)12-10(11(14)15)7-9-5-3-2-4-6-9/h3-8,11,13,15,19-20H,9-10,12H2,1-2H3;2-6,10H,7H2,1H3,(H,12,13)(H,14,15)/t15-,18-;10-/m11/s1. The first kappa shape index (κ1) is 27.6. The number of carbonyl (C=O) groups is 2. The van der Waals surface area contributed by atoms with Crippen LogP contribution in [0.2, 0.25) is 0 Å². The first-order valence-electron chi connectivity index (χ1n) is 12.3. The third-order valence-electron chi connectivity index (χ3n) is 6.22. The van der Waals surface area contributed by atoms with Gasteiger partial charge in [-0.1, -0.05) is 74.5 Å². The van der Waals surface area contributed by atoms with Gasteiger partial charge in [-0.2, -0.15) is 0 Å². The molecule has 7 heteroatoms. The Balaban J connectivity index is 0.000000214. The predicted octanol–water partition coefficient (Wildman–Crippen LogP) is 4.51. The molecule has 192 valence electrons. The molecule has 0 aliphatic heterocycles. The zero-order chi connectivity index (χ0) is 26.1. The zero-order valence-electron chi connectivity index (χ0n) is 21.1. The topological polar surface area (TPSA) is 98.7 Å². The van der Waals surface area contributed by atoms with Crippen LogP contribution in [-0.4, -0.2) is 40.2 Å². The maximum atomic E-state index is 11.5. The molecule has 1 aromatic heterocycles. The smallest absolute Gasteiger partial charge is 0.326 e. The average molecular weight is 509 g/mol. The SMILES string of the molecule is CC(=O)N[C@H](Cc1ccccc1)C(=O)O.CC(C)N[C@@H]1CCc2ccccc2[C@@](O)(c2cccs2)C1. The molecule has 3 aromatic rings. The lowest BCUT2D eigenvalue weighted by Gasteiger charge is -2.31. The number of aliphatic carboxylic acids is 1. The molecule has 1 amide bonds. The number of carbonyl (C=O) groups excluding carboxylic acids is 1. The van der Waals surface area contributed by atoms with Gasteiger partial charge in [0.2, 0.25) is 5.91 Å². The summed E-state index contributed by atoms with van der Waals surface area (Å²) in [5.41, 5.74) is 2.38. The Bertz CT molecular complexity index is 1120. The Kier molecular flexibility index (Phi) is 9.81. The molecule has 2 aromatic carbocycles. The molecular formula is C29H36N2O4S. The van der Waals surface area contributed by atoms with Crippen molar-refractivity contribution in [3.63, 3.8) is 0 Å². The largest absolute Gasteiger partial charge is 0.480 e. The van der Waals surface area contributed by atoms with E-state index in [1.165, 1.54) is 12.5 Å². The zero-order valence-corrected chi connectivity index (χ0v) is 21.9. The summed E-state index contributed by atoms with van der Waals surface area (Å²) in [5, 5.41) is 28.4. The number of rotatable bonds is 7. The molecule has 6 nitrogen and oxygen atoms in total. The van der Waals surface area contributed by atoms with Crippen molar-refractivity contribution in [2.45, 2.75) is 70.2 Å². The van der Waals surface area contributed by atoms with Crippen LogP contribution in [0.5, 0.6) is 0 Å². The van der Waals surface area contributed by atoms with Crippen molar-refractivity contribution in [1.82, 2.24) is 10.6 Å². The van der Waals surface area contributed by atoms with E-state index in [1.54, 1.807) is 11.3 Å². The number of thiophene rings is 1. The number of hydrogen-bond donors (Lipinski definition) is 4. The van der Waals surface area contributed by atoms with Crippen molar-refractivity contribution >= 4 is 23.2 Å². The van der Waals surface area contributed by atoms with E-state index >= 15 is 0 Å². The number of carboxylic acids is 1. The van der Waals surface area contributed by atoms with Gasteiger partial charge in [-0.25, -0.2) is 4.79 Å². The summed E-state index contributed by atoms with van der Waals surface area (Å²) >= 11 is 1.64. The fourth-order valence-electron chi connectivity index (χ4n) is 4.70. The van der Waals surface area contributed by atoms with Gasteiger partial charge in [0.25, 0.3) is 0 Å². The molecule has 36 heavy (non-hydrogen) atoms. The number of benzene rings is 2. The molecule has 4 rings (SSSR count). The van der Waals surface area contributed by atoms with Gasteiger partial charge in [0.05, 0.1) is 0 Å². The van der Waals surface area contributed by atoms with Gasteiger partial charge in [-0.15, -0.1) is 11.3 Å². The summed E-state index contributed by atoms with van der Waals surface area (Å²) in [6, 6.07) is 21.5. The minimum absolute atomic E-state index is 0.301. The Morgan fingerprint density at radius 3 is 2.36 bits per heavy atom. The van der Waals surface area contributed by atoms with Crippen LogP contribution in [0.3, 0.4) is 0 Å². The molecule has 4 N–H and O–H groups in total. The molecule has 0 unspecified atom stereocenters. The van der Waals surface area contributed by atoms with Crippen molar-refractivity contribution < 1.29 is 19.8 Å². The fourth-order valence-corrected chi connectivity index (χ4v) is 5.55. The Morgan fingerprint density at radius 2 is 1.75 bits per heavy atom. The van der Waals surface area contributed by atoms with Gasteiger partial charge >= 0.3 is 5.97 Å². The van der Waals surface area contributed by atoms with Crippen LogP contribution in [-0.2, 0) is 28.0 Å². The minimum atomic E-state index is -1.02. The fraction of sp³-hybridized carbons (Fsp3) is 0.379. The molecule has 0 saturated carbocycles. The van der Waals surface area contributed by atoms with Gasteiger partial charge in [0.1, 0.15) is 11.6 Å². The van der Waals surface area contributed by atoms with E-state index in [4.69, 9.17) is 5.11 Å². The highest BCUT2D eigenvalue weighted by molar-refractivity contribution is 7.10. The molecule has 1 aliphatic rings. The van der Waals surface area contributed by atoms with E-state index in [2.05, 4.69) is 48.7 Å². The number of aliphatic hydroxyl groups is 1. The Hall–Kier alpha value is -3.00. The highest BCUT2D eigenvalue weighted by Crippen LogP contribution is 2.41. The number of nitrogens with one attached hydrogen (secondary N) is 2. The van der Waals surface area contributed by atoms with E-state index in [0.29, 0.717) is 18.5 Å². The molecule has 3 atom stereocenters. The highest BCUT2D eigenvalue weighted by Gasteiger charge is 2.39. The van der Waals surface area contributed by atoms with Crippen molar-refractivity contribution in [2.24, 2.45) is 0 Å². The number of carboxylic acid groups (broad SMARTS) is 1. The van der Waals surface area contributed by atoms with Gasteiger partial charge in [0.15, 0.2) is 0 Å². The maximum Gasteiger partial charge on any atom is 0.326 e. The van der Waals surface area contributed by atoms with Crippen LogP contribution in [0.25, 0.3) is 0 Å². The van der Waals surface area contributed by atoms with E-state index in [0.717, 1.165) is 35.3 Å². The molecular weight excluding hydrogens is 472 g/mol. The summed E-state index contributed by atoms with van der Waals surface area (Å²) in [7, 11) is 0. The lowest BCUT2D eigenvalue weighted by atomic mass is 9.85. The van der Waals surface area contributed by atoms with Crippen LogP contribution in [0, 0.1) is 0 Å². The second-order valence-electron chi connectivity index (χ2n) is 9.54. The van der Waals surface area contributed by atoms with Crippen LogP contribution in [0.15, 0.2) is 72.1 Å². The van der Waals surface area contributed by atoms with Gasteiger partial charge in [0, 0.05) is 36.7 Å². The number of aryl methyl sites for hydroxylation is 1. The number of fused-ring (bicyclic) bond motifs is 1. The second-order valence-corrected chi connectivity index (χ2v) is 10.5. The molecule has 0 saturated heterocycles. The monoisotopic (exact) mass is 508 g/mol.